The second-order valence-electron chi connectivity index (χ2n) is 6.97. The summed E-state index contributed by atoms with van der Waals surface area (Å²) in [6.45, 7) is 2.94. The van der Waals surface area contributed by atoms with E-state index in [9.17, 15) is 13.2 Å². The van der Waals surface area contributed by atoms with Crippen LogP contribution in [0.15, 0.2) is 41.3 Å². The Balaban J connectivity index is 1.77. The van der Waals surface area contributed by atoms with Gasteiger partial charge in [0.05, 0.1) is 19.1 Å². The minimum Gasteiger partial charge on any atom is -0.493 e. The number of amides is 1. The van der Waals surface area contributed by atoms with Crippen molar-refractivity contribution in [3.63, 3.8) is 0 Å². The molecule has 1 aliphatic heterocycles. The zero-order valence-corrected chi connectivity index (χ0v) is 17.7. The van der Waals surface area contributed by atoms with Crippen LogP contribution >= 0.6 is 0 Å². The zero-order chi connectivity index (χ0) is 21.0. The molecule has 0 unspecified atom stereocenters. The monoisotopic (exact) mass is 418 g/mol. The van der Waals surface area contributed by atoms with Gasteiger partial charge in [0.15, 0.2) is 11.5 Å². The Morgan fingerprint density at radius 1 is 0.966 bits per heavy atom. The Morgan fingerprint density at radius 2 is 1.55 bits per heavy atom. The van der Waals surface area contributed by atoms with Crippen LogP contribution in [0.4, 0.5) is 5.69 Å². The van der Waals surface area contributed by atoms with Crippen molar-refractivity contribution in [1.29, 1.82) is 0 Å². The van der Waals surface area contributed by atoms with Gasteiger partial charge in [-0.3, -0.25) is 4.79 Å². The molecule has 0 radical (unpaired) electrons. The highest BCUT2D eigenvalue weighted by Crippen LogP contribution is 2.33. The highest BCUT2D eigenvalue weighted by molar-refractivity contribution is 7.89. The minimum absolute atomic E-state index is 0.207. The van der Waals surface area contributed by atoms with Crippen LogP contribution in [-0.4, -0.2) is 45.9 Å². The highest BCUT2D eigenvalue weighted by Gasteiger charge is 2.26. The van der Waals surface area contributed by atoms with Crippen LogP contribution in [0.2, 0.25) is 0 Å². The van der Waals surface area contributed by atoms with Crippen LogP contribution in [0, 0.1) is 6.92 Å². The van der Waals surface area contributed by atoms with Crippen LogP contribution < -0.4 is 14.8 Å². The molecule has 7 nitrogen and oxygen atoms in total. The summed E-state index contributed by atoms with van der Waals surface area (Å²) < 4.78 is 37.5. The lowest BCUT2D eigenvalue weighted by Gasteiger charge is -2.25. The molecule has 0 saturated carbocycles. The summed E-state index contributed by atoms with van der Waals surface area (Å²) in [5.74, 6) is 0.758. The largest absolute Gasteiger partial charge is 0.493 e. The first-order chi connectivity index (χ1) is 13.9. The van der Waals surface area contributed by atoms with Crippen molar-refractivity contribution in [1.82, 2.24) is 4.31 Å². The number of methoxy groups -OCH3 is 2. The Bertz CT molecular complexity index is 981. The highest BCUT2D eigenvalue weighted by atomic mass is 32.2. The van der Waals surface area contributed by atoms with Crippen molar-refractivity contribution in [2.24, 2.45) is 0 Å². The molecule has 1 N–H and O–H groups in total. The maximum Gasteiger partial charge on any atom is 0.255 e. The van der Waals surface area contributed by atoms with E-state index in [4.69, 9.17) is 9.47 Å². The van der Waals surface area contributed by atoms with Crippen molar-refractivity contribution >= 4 is 21.6 Å². The SMILES string of the molecule is COc1cc(C)c(NC(=O)c2ccc(S(=O)(=O)N3CCCCC3)cc2)cc1OC. The lowest BCUT2D eigenvalue weighted by molar-refractivity contribution is 0.102. The number of sulfonamides is 1. The average Bonchev–Trinajstić information content (AvgIpc) is 2.75. The topological polar surface area (TPSA) is 84.9 Å². The first-order valence-corrected chi connectivity index (χ1v) is 10.9. The van der Waals surface area contributed by atoms with Crippen LogP contribution in [0.5, 0.6) is 11.5 Å². The first-order valence-electron chi connectivity index (χ1n) is 9.51. The van der Waals surface area contributed by atoms with E-state index in [-0.39, 0.29) is 10.8 Å². The Morgan fingerprint density at radius 3 is 2.14 bits per heavy atom. The van der Waals surface area contributed by atoms with Gasteiger partial charge in [-0.15, -0.1) is 0 Å². The molecule has 0 aliphatic carbocycles. The molecule has 2 aromatic carbocycles. The number of ether oxygens (including phenoxy) is 2. The maximum absolute atomic E-state index is 12.7. The minimum atomic E-state index is -3.52. The molecule has 0 bridgehead atoms. The number of hydrogen-bond donors (Lipinski definition) is 1. The van der Waals surface area contributed by atoms with E-state index < -0.39 is 10.0 Å². The summed E-state index contributed by atoms with van der Waals surface area (Å²) in [6, 6.07) is 9.51. The lowest BCUT2D eigenvalue weighted by atomic mass is 10.1. The van der Waals surface area contributed by atoms with Crippen LogP contribution in [0.1, 0.15) is 35.2 Å². The van der Waals surface area contributed by atoms with Crippen LogP contribution in [-0.2, 0) is 10.0 Å². The fraction of sp³-hybridized carbons (Fsp3) is 0.381. The molecule has 1 saturated heterocycles. The van der Waals surface area contributed by atoms with Crippen LogP contribution in [0.3, 0.4) is 0 Å². The van der Waals surface area contributed by atoms with Crippen molar-refractivity contribution in [2.75, 3.05) is 32.6 Å². The van der Waals surface area contributed by atoms with Gasteiger partial charge in [-0.25, -0.2) is 8.42 Å². The number of carbonyl (C=O) groups excluding carboxylic acids is 1. The first kappa shape index (κ1) is 21.1. The number of benzene rings is 2. The van der Waals surface area contributed by atoms with E-state index in [1.54, 1.807) is 19.2 Å². The third kappa shape index (κ3) is 4.54. The van der Waals surface area contributed by atoms with Gasteiger partial charge in [0.25, 0.3) is 5.91 Å². The van der Waals surface area contributed by atoms with Crippen molar-refractivity contribution < 1.29 is 22.7 Å². The lowest BCUT2D eigenvalue weighted by Crippen LogP contribution is -2.35. The summed E-state index contributed by atoms with van der Waals surface area (Å²) in [6.07, 6.45) is 2.81. The molecule has 1 fully saturated rings. The summed E-state index contributed by atoms with van der Waals surface area (Å²) in [5.41, 5.74) is 1.79. The van der Waals surface area contributed by atoms with Gasteiger partial charge in [-0.05, 0) is 55.7 Å². The van der Waals surface area contributed by atoms with Crippen molar-refractivity contribution in [3.05, 3.63) is 47.5 Å². The van der Waals surface area contributed by atoms with Crippen molar-refractivity contribution in [2.45, 2.75) is 31.1 Å². The third-order valence-electron chi connectivity index (χ3n) is 5.05. The molecule has 8 heteroatoms. The Labute approximate surface area is 171 Å². The Kier molecular flexibility index (Phi) is 6.44. The molecule has 1 heterocycles. The molecule has 29 heavy (non-hydrogen) atoms. The molecule has 2 aromatic rings. The molecule has 156 valence electrons. The molecule has 0 aromatic heterocycles. The normalized spacial score (nSPS) is 15.0. The summed E-state index contributed by atoms with van der Waals surface area (Å²) >= 11 is 0. The third-order valence-corrected chi connectivity index (χ3v) is 6.96. The smallest absolute Gasteiger partial charge is 0.255 e. The number of nitrogens with one attached hydrogen (secondary N) is 1. The number of hydrogen-bond acceptors (Lipinski definition) is 5. The van der Waals surface area contributed by atoms with E-state index in [0.29, 0.717) is 35.8 Å². The van der Waals surface area contributed by atoms with E-state index in [2.05, 4.69) is 5.32 Å². The molecule has 3 rings (SSSR count). The zero-order valence-electron chi connectivity index (χ0n) is 16.9. The number of nitrogens with zero attached hydrogens (tertiary/aromatic N) is 1. The molecule has 0 atom stereocenters. The van der Waals surface area contributed by atoms with E-state index >= 15 is 0 Å². The van der Waals surface area contributed by atoms with E-state index in [1.165, 1.54) is 35.7 Å². The second kappa shape index (κ2) is 8.84. The number of aryl methyl sites for hydroxylation is 1. The molecule has 1 aliphatic rings. The number of anilines is 1. The predicted octanol–water partition coefficient (Wildman–Crippen LogP) is 3.44. The summed E-state index contributed by atoms with van der Waals surface area (Å²) in [4.78, 5) is 12.8. The predicted molar refractivity (Wildman–Crippen MR) is 111 cm³/mol. The number of carbonyl (C=O) groups is 1. The maximum atomic E-state index is 12.7. The quantitative estimate of drug-likeness (QED) is 0.777. The standard InChI is InChI=1S/C21H26N2O5S/c1-15-13-19(27-2)20(28-3)14-18(15)22-21(24)16-7-9-17(10-8-16)29(25,26)23-11-5-4-6-12-23/h7-10,13-14H,4-6,11-12H2,1-3H3,(H,22,24). The molecular formula is C21H26N2O5S. The van der Waals surface area contributed by atoms with E-state index in [0.717, 1.165) is 24.8 Å². The molecule has 1 amide bonds. The van der Waals surface area contributed by atoms with Gasteiger partial charge in [-0.1, -0.05) is 6.42 Å². The Hall–Kier alpha value is -2.58. The number of rotatable bonds is 6. The van der Waals surface area contributed by atoms with Crippen LogP contribution in [0.25, 0.3) is 0 Å². The van der Waals surface area contributed by atoms with Gasteiger partial charge in [0.1, 0.15) is 0 Å². The summed E-state index contributed by atoms with van der Waals surface area (Å²) in [5, 5.41) is 2.84. The van der Waals surface area contributed by atoms with Gasteiger partial charge < -0.3 is 14.8 Å². The fourth-order valence-electron chi connectivity index (χ4n) is 3.34. The average molecular weight is 419 g/mol. The summed E-state index contributed by atoms with van der Waals surface area (Å²) in [7, 11) is -0.437. The van der Waals surface area contributed by atoms with E-state index in [1.807, 2.05) is 6.92 Å². The van der Waals surface area contributed by atoms with Gasteiger partial charge in [-0.2, -0.15) is 4.31 Å². The van der Waals surface area contributed by atoms with Gasteiger partial charge >= 0.3 is 0 Å². The second-order valence-corrected chi connectivity index (χ2v) is 8.90. The van der Waals surface area contributed by atoms with Gasteiger partial charge in [0, 0.05) is 30.4 Å². The molecular weight excluding hydrogens is 392 g/mol. The fourth-order valence-corrected chi connectivity index (χ4v) is 4.86. The number of piperidine rings is 1. The molecule has 0 spiro atoms. The van der Waals surface area contributed by atoms with Gasteiger partial charge in [0.2, 0.25) is 10.0 Å². The van der Waals surface area contributed by atoms with Crippen molar-refractivity contribution in [3.8, 4) is 11.5 Å².